The number of benzene rings is 1. The number of fused-ring (bicyclic) bond motifs is 1. The van der Waals surface area contributed by atoms with E-state index in [9.17, 15) is 4.79 Å². The molecule has 0 atom stereocenters. The molecule has 0 unspecified atom stereocenters. The van der Waals surface area contributed by atoms with Crippen LogP contribution in [0.3, 0.4) is 0 Å². The molecule has 5 heteroatoms. The summed E-state index contributed by atoms with van der Waals surface area (Å²) in [5.41, 5.74) is 0.650. The maximum atomic E-state index is 12.3. The zero-order chi connectivity index (χ0) is 13.5. The predicted octanol–water partition coefficient (Wildman–Crippen LogP) is 1.52. The molecule has 1 amide bonds. The van der Waals surface area contributed by atoms with Gasteiger partial charge in [-0.05, 0) is 38.9 Å². The van der Waals surface area contributed by atoms with Gasteiger partial charge in [0.15, 0.2) is 11.5 Å². The highest BCUT2D eigenvalue weighted by atomic mass is 16.7. The Labute approximate surface area is 112 Å². The van der Waals surface area contributed by atoms with Gasteiger partial charge in [-0.1, -0.05) is 0 Å². The number of hydrogen-bond donors (Lipinski definition) is 1. The van der Waals surface area contributed by atoms with Crippen LogP contribution in [-0.4, -0.2) is 31.3 Å². The van der Waals surface area contributed by atoms with E-state index < -0.39 is 0 Å². The highest BCUT2D eigenvalue weighted by Gasteiger charge is 2.34. The van der Waals surface area contributed by atoms with Crippen molar-refractivity contribution in [3.05, 3.63) is 18.2 Å². The Morgan fingerprint density at radius 3 is 2.89 bits per heavy atom. The lowest BCUT2D eigenvalue weighted by Crippen LogP contribution is -2.48. The topological polar surface area (TPSA) is 50.8 Å². The van der Waals surface area contributed by atoms with E-state index in [1.807, 2.05) is 23.1 Å². The average Bonchev–Trinajstić information content (AvgIpc) is 2.76. The second-order valence-electron chi connectivity index (χ2n) is 5.51. The summed E-state index contributed by atoms with van der Waals surface area (Å²) in [5.74, 6) is 1.53. The molecule has 2 heterocycles. The molecule has 0 spiro atoms. The van der Waals surface area contributed by atoms with Crippen LogP contribution in [0, 0.1) is 0 Å². The van der Waals surface area contributed by atoms with Crippen molar-refractivity contribution in [2.45, 2.75) is 25.8 Å². The van der Waals surface area contributed by atoms with E-state index in [1.165, 1.54) is 0 Å². The molecule has 1 aromatic rings. The summed E-state index contributed by atoms with van der Waals surface area (Å²) in [4.78, 5) is 14.2. The Bertz CT molecular complexity index is 513. The second-order valence-corrected chi connectivity index (χ2v) is 5.51. The van der Waals surface area contributed by atoms with E-state index in [2.05, 4.69) is 19.2 Å². The summed E-state index contributed by atoms with van der Waals surface area (Å²) >= 11 is 0. The van der Waals surface area contributed by atoms with Gasteiger partial charge in [0.1, 0.15) is 0 Å². The van der Waals surface area contributed by atoms with Crippen LogP contribution >= 0.6 is 0 Å². The molecule has 3 rings (SSSR count). The number of rotatable bonds is 1. The smallest absolute Gasteiger partial charge is 0.241 e. The lowest BCUT2D eigenvalue weighted by Gasteiger charge is -2.37. The van der Waals surface area contributed by atoms with Gasteiger partial charge in [-0.25, -0.2) is 0 Å². The number of carbonyl (C=O) groups is 1. The molecule has 0 radical (unpaired) electrons. The molecule has 19 heavy (non-hydrogen) atoms. The van der Waals surface area contributed by atoms with Crippen molar-refractivity contribution in [2.24, 2.45) is 0 Å². The minimum atomic E-state index is -0.214. The number of anilines is 1. The molecule has 0 aromatic heterocycles. The predicted molar refractivity (Wildman–Crippen MR) is 71.6 cm³/mol. The molecule has 0 bridgehead atoms. The zero-order valence-electron chi connectivity index (χ0n) is 11.2. The number of amides is 1. The third kappa shape index (κ3) is 2.14. The highest BCUT2D eigenvalue weighted by molar-refractivity contribution is 5.96. The van der Waals surface area contributed by atoms with E-state index in [1.54, 1.807) is 0 Å². The van der Waals surface area contributed by atoms with Crippen LogP contribution in [0.5, 0.6) is 11.5 Å². The first-order valence-corrected chi connectivity index (χ1v) is 6.51. The summed E-state index contributed by atoms with van der Waals surface area (Å²) in [5, 5.41) is 3.16. The minimum Gasteiger partial charge on any atom is -0.454 e. The molecule has 0 saturated carbocycles. The Kier molecular flexibility index (Phi) is 2.86. The van der Waals surface area contributed by atoms with Crippen molar-refractivity contribution in [3.8, 4) is 11.5 Å². The van der Waals surface area contributed by atoms with Crippen LogP contribution in [0.2, 0.25) is 0 Å². The lowest BCUT2D eigenvalue weighted by molar-refractivity contribution is -0.118. The first-order chi connectivity index (χ1) is 9.08. The van der Waals surface area contributed by atoms with Gasteiger partial charge in [0.25, 0.3) is 0 Å². The van der Waals surface area contributed by atoms with Crippen LogP contribution in [0.1, 0.15) is 20.3 Å². The SMILES string of the molecule is CC1(C)CCNCC(=O)N1c1ccc2c(c1)OCO2. The first-order valence-electron chi connectivity index (χ1n) is 6.51. The van der Waals surface area contributed by atoms with Gasteiger partial charge in [0.2, 0.25) is 12.7 Å². The van der Waals surface area contributed by atoms with Crippen LogP contribution in [-0.2, 0) is 4.79 Å². The molecule has 1 N–H and O–H groups in total. The van der Waals surface area contributed by atoms with Crippen molar-refractivity contribution in [1.29, 1.82) is 0 Å². The van der Waals surface area contributed by atoms with E-state index >= 15 is 0 Å². The first kappa shape index (κ1) is 12.3. The van der Waals surface area contributed by atoms with Gasteiger partial charge in [0, 0.05) is 17.3 Å². The molecular weight excluding hydrogens is 244 g/mol. The normalized spacial score (nSPS) is 21.4. The van der Waals surface area contributed by atoms with Crippen LogP contribution < -0.4 is 19.7 Å². The zero-order valence-corrected chi connectivity index (χ0v) is 11.2. The van der Waals surface area contributed by atoms with Gasteiger partial charge >= 0.3 is 0 Å². The Morgan fingerprint density at radius 1 is 1.26 bits per heavy atom. The Hall–Kier alpha value is -1.75. The summed E-state index contributed by atoms with van der Waals surface area (Å²) in [6.07, 6.45) is 0.910. The number of hydrogen-bond acceptors (Lipinski definition) is 4. The van der Waals surface area contributed by atoms with Crippen LogP contribution in [0.4, 0.5) is 5.69 Å². The largest absolute Gasteiger partial charge is 0.454 e. The van der Waals surface area contributed by atoms with E-state index in [0.717, 1.165) is 24.4 Å². The Morgan fingerprint density at radius 2 is 2.05 bits per heavy atom. The van der Waals surface area contributed by atoms with E-state index in [-0.39, 0.29) is 18.2 Å². The van der Waals surface area contributed by atoms with E-state index in [4.69, 9.17) is 9.47 Å². The molecule has 1 aromatic carbocycles. The summed E-state index contributed by atoms with van der Waals surface area (Å²) in [6.45, 7) is 5.64. The molecule has 1 saturated heterocycles. The molecule has 0 aliphatic carbocycles. The molecule has 2 aliphatic rings. The quantitative estimate of drug-likeness (QED) is 0.833. The fourth-order valence-corrected chi connectivity index (χ4v) is 2.64. The Balaban J connectivity index is 2.00. The fourth-order valence-electron chi connectivity index (χ4n) is 2.64. The lowest BCUT2D eigenvalue weighted by atomic mass is 9.97. The van der Waals surface area contributed by atoms with Crippen molar-refractivity contribution >= 4 is 11.6 Å². The average molecular weight is 262 g/mol. The standard InChI is InChI=1S/C14H18N2O3/c1-14(2)5-6-15-8-13(17)16(14)10-3-4-11-12(7-10)19-9-18-11/h3-4,7,15H,5-6,8-9H2,1-2H3. The van der Waals surface area contributed by atoms with Gasteiger partial charge < -0.3 is 19.7 Å². The monoisotopic (exact) mass is 262 g/mol. The fraction of sp³-hybridized carbons (Fsp3) is 0.500. The van der Waals surface area contributed by atoms with Gasteiger partial charge in [-0.15, -0.1) is 0 Å². The van der Waals surface area contributed by atoms with Gasteiger partial charge in [-0.2, -0.15) is 0 Å². The molecule has 2 aliphatic heterocycles. The van der Waals surface area contributed by atoms with E-state index in [0.29, 0.717) is 12.3 Å². The summed E-state index contributed by atoms with van der Waals surface area (Å²) < 4.78 is 10.7. The number of ether oxygens (including phenoxy) is 2. The van der Waals surface area contributed by atoms with Crippen molar-refractivity contribution in [3.63, 3.8) is 0 Å². The van der Waals surface area contributed by atoms with Crippen molar-refractivity contribution in [2.75, 3.05) is 24.8 Å². The molecular formula is C14H18N2O3. The summed E-state index contributed by atoms with van der Waals surface area (Å²) in [7, 11) is 0. The number of nitrogens with one attached hydrogen (secondary N) is 1. The van der Waals surface area contributed by atoms with Gasteiger partial charge in [-0.3, -0.25) is 4.79 Å². The minimum absolute atomic E-state index is 0.0846. The molecule has 5 nitrogen and oxygen atoms in total. The molecule has 1 fully saturated rings. The third-order valence-electron chi connectivity index (χ3n) is 3.66. The van der Waals surface area contributed by atoms with Crippen LogP contribution in [0.25, 0.3) is 0 Å². The maximum Gasteiger partial charge on any atom is 0.241 e. The summed E-state index contributed by atoms with van der Waals surface area (Å²) in [6, 6.07) is 5.66. The number of carbonyl (C=O) groups excluding carboxylic acids is 1. The van der Waals surface area contributed by atoms with Crippen LogP contribution in [0.15, 0.2) is 18.2 Å². The van der Waals surface area contributed by atoms with Crippen molar-refractivity contribution in [1.82, 2.24) is 5.32 Å². The maximum absolute atomic E-state index is 12.3. The third-order valence-corrected chi connectivity index (χ3v) is 3.66. The highest BCUT2D eigenvalue weighted by Crippen LogP contribution is 2.38. The second kappa shape index (κ2) is 4.42. The van der Waals surface area contributed by atoms with Crippen molar-refractivity contribution < 1.29 is 14.3 Å². The van der Waals surface area contributed by atoms with Gasteiger partial charge in [0.05, 0.1) is 6.54 Å². The molecule has 102 valence electrons. The number of nitrogens with zero attached hydrogens (tertiary/aromatic N) is 1.